The predicted octanol–water partition coefficient (Wildman–Crippen LogP) is 20.6. The molecule has 710 valence electrons. The van der Waals surface area contributed by atoms with Gasteiger partial charge < -0.3 is 58.3 Å². The molecule has 0 radical (unpaired) electrons. The van der Waals surface area contributed by atoms with Gasteiger partial charge in [0.1, 0.15) is 59.7 Å². The van der Waals surface area contributed by atoms with Gasteiger partial charge in [0.15, 0.2) is 0 Å². The Morgan fingerprint density at radius 3 is 1.21 bits per heavy atom. The Hall–Kier alpha value is -6.76. The predicted molar refractivity (Wildman–Crippen MR) is 476 cm³/mol. The molecule has 0 amide bonds. The second kappa shape index (κ2) is 46.2. The molecule has 4 N–H and O–H groups in total. The van der Waals surface area contributed by atoms with Gasteiger partial charge in [0, 0.05) is 62.7 Å². The first-order valence-electron chi connectivity index (χ1n) is 45.3. The standard InChI is InChI=1S/C25H36F2O5.C25H38O5.C24H34F2O5.C23H34O5.4CH4/c1-14-10-16-7-6-15(2)19(9-8-18-12-17(28)13-21(29)31-18)22(16)20(11-14)32-23(30)24(3,4)25(5,26)27;1-6-25(4,5)24(28)30-21-12-15(2)11-17-8-7-16(3)20(23(17)21)10-9-19-13-18(26)14-22(27)29-19;1-22(2,24(4,25)26)21(29)31-19-10-6-9-15-7-5-8-16(23(15,19)3)11-12-18-13-17(27)14-20(28)30-18;1-4-14(2)23(26)28-20-7-5-6-16-9-8-15(3)19(22(16)20)11-10-18-12-17(24)13-21(25)27-18;;;;/h6-7,10,14-15,17-20,22,28H,8-9,11-13H2,1-5H3;7-8,11,15-16,18-21,23,26H,6,9-10,12-14H2,1-5H3;5,7,9,16-19,27H,6,8,10-14H2,1-4H3;6,8-9,14-15,17-20,22,24H,4-5,7,10-13H2,1-3H3;4*1H4/t14-,15-,17+,18+,19-,20-,22-;15-,16-,18+,19+,20-,21-,23-;16-,17-,18-,19+,23+;14-,15?,17+,18-,19+,20?,22-;;;;/m0010..../s1. The Balaban J connectivity index is 0.000000293. The highest BCUT2D eigenvalue weighted by atomic mass is 19.3. The number of halogens is 4. The zero-order chi connectivity index (χ0) is 89.2. The number of aliphatic hydroxyl groups is 4. The van der Waals surface area contributed by atoms with E-state index in [2.05, 4.69) is 94.5 Å². The third kappa shape index (κ3) is 27.7. The molecule has 0 aromatic carbocycles. The lowest BCUT2D eigenvalue weighted by Gasteiger charge is -2.49. The van der Waals surface area contributed by atoms with E-state index >= 15 is 0 Å². The average Bonchev–Trinajstić information content (AvgIpc) is 0.728. The number of fused-ring (bicyclic) bond motifs is 4. The van der Waals surface area contributed by atoms with Crippen LogP contribution in [0.2, 0.25) is 0 Å². The summed E-state index contributed by atoms with van der Waals surface area (Å²) >= 11 is 0. The molecule has 4 heterocycles. The summed E-state index contributed by atoms with van der Waals surface area (Å²) in [5.74, 6) is -7.26. The van der Waals surface area contributed by atoms with Crippen molar-refractivity contribution in [1.29, 1.82) is 0 Å². The normalized spacial score (nSPS) is 34.4. The van der Waals surface area contributed by atoms with Gasteiger partial charge in [-0.15, -0.1) is 0 Å². The van der Waals surface area contributed by atoms with Gasteiger partial charge >= 0.3 is 47.8 Å². The van der Waals surface area contributed by atoms with Crippen molar-refractivity contribution in [2.75, 3.05) is 0 Å². The molecular formula is C101H158F4O20. The summed E-state index contributed by atoms with van der Waals surface area (Å²) in [6.07, 6.45) is 36.1. The van der Waals surface area contributed by atoms with Gasteiger partial charge in [-0.3, -0.25) is 38.4 Å². The van der Waals surface area contributed by atoms with Crippen molar-refractivity contribution >= 4 is 47.8 Å². The van der Waals surface area contributed by atoms with Gasteiger partial charge in [0.05, 0.1) is 61.4 Å². The minimum absolute atomic E-state index is 0. The minimum Gasteiger partial charge on any atom is -0.462 e. The number of ether oxygens (including phenoxy) is 8. The number of hydrogen-bond acceptors (Lipinski definition) is 20. The van der Waals surface area contributed by atoms with Crippen LogP contribution in [-0.2, 0) is 76.3 Å². The van der Waals surface area contributed by atoms with Crippen LogP contribution in [0.15, 0.2) is 95.2 Å². The molecule has 4 saturated heterocycles. The second-order valence-corrected chi connectivity index (χ2v) is 39.6. The third-order valence-electron chi connectivity index (χ3n) is 29.1. The molecule has 12 aliphatic rings. The van der Waals surface area contributed by atoms with Crippen LogP contribution in [0.5, 0.6) is 0 Å². The lowest BCUT2D eigenvalue weighted by Crippen LogP contribution is -2.50. The van der Waals surface area contributed by atoms with Crippen molar-refractivity contribution in [3.63, 3.8) is 0 Å². The van der Waals surface area contributed by atoms with E-state index in [4.69, 9.17) is 37.9 Å². The molecule has 125 heavy (non-hydrogen) atoms. The second-order valence-electron chi connectivity index (χ2n) is 39.6. The molecule has 0 aromatic heterocycles. The molecule has 8 aliphatic carbocycles. The maximum atomic E-state index is 14.1. The Kier molecular flexibility index (Phi) is 40.2. The summed E-state index contributed by atoms with van der Waals surface area (Å²) in [4.78, 5) is 97.5. The van der Waals surface area contributed by atoms with Crippen molar-refractivity contribution in [3.8, 4) is 0 Å². The van der Waals surface area contributed by atoms with Gasteiger partial charge in [0.2, 0.25) is 0 Å². The summed E-state index contributed by atoms with van der Waals surface area (Å²) < 4.78 is 102. The van der Waals surface area contributed by atoms with E-state index < -0.39 is 82.1 Å². The number of carbonyl (C=O) groups excluding carboxylic acids is 8. The highest BCUT2D eigenvalue weighted by Crippen LogP contribution is 2.54. The number of aliphatic hydroxyl groups excluding tert-OH is 4. The Morgan fingerprint density at radius 2 is 0.832 bits per heavy atom. The van der Waals surface area contributed by atoms with Gasteiger partial charge in [0.25, 0.3) is 11.8 Å². The zero-order valence-corrected chi connectivity index (χ0v) is 74.9. The van der Waals surface area contributed by atoms with Gasteiger partial charge in [-0.1, -0.05) is 165 Å². The topological polar surface area (TPSA) is 291 Å². The van der Waals surface area contributed by atoms with E-state index in [1.165, 1.54) is 38.8 Å². The number of rotatable bonds is 24. The number of carbonyl (C=O) groups is 8. The van der Waals surface area contributed by atoms with E-state index in [1.807, 2.05) is 54.5 Å². The van der Waals surface area contributed by atoms with Crippen molar-refractivity contribution < 1.29 is 114 Å². The zero-order valence-electron chi connectivity index (χ0n) is 74.9. The number of alkyl halides is 4. The minimum atomic E-state index is -3.20. The molecule has 0 saturated carbocycles. The van der Waals surface area contributed by atoms with Crippen LogP contribution in [-0.4, -0.2) is 153 Å². The van der Waals surface area contributed by atoms with Crippen LogP contribution in [0.1, 0.15) is 308 Å². The van der Waals surface area contributed by atoms with E-state index in [-0.39, 0.29) is 175 Å². The number of hydrogen-bond donors (Lipinski definition) is 4. The monoisotopic (exact) mass is 1770 g/mol. The smallest absolute Gasteiger partial charge is 0.317 e. The molecule has 4 fully saturated rings. The highest BCUT2D eigenvalue weighted by molar-refractivity contribution is 5.79. The molecule has 12 rings (SSSR count). The SMILES string of the molecule is C.C.C.C.CC(F)(F)C(C)(C)C(=O)O[C@H]1CCC=C2C=CC[C@H](CC[C@@H]3C[C@@H](O)CC(=O)O3)[C@]21C.CCC(C)(C)C(=O)O[C@H]1C[C@@H](C)C=C2C=C[C@H](C)[C@H](CC[C@@H]3C[C@@H](O)CC(=O)O3)[C@H]21.CC[C@H](C)C(=O)OC1CCC=C2C=CC(C)[C@@H](CC[C@H]3C[C@@H](O)CC(=O)O3)[C@H]21.C[C@H]1C=C2C=C[C@H](C)[C@H](CC[C@@H]3C[C@@H](O)CC(=O)O3)[C@H]2[C@@H](OC(=O)C(C)(C)C(C)(F)F)C1. The van der Waals surface area contributed by atoms with Gasteiger partial charge in [-0.25, -0.2) is 17.6 Å². The summed E-state index contributed by atoms with van der Waals surface area (Å²) in [5.41, 5.74) is -0.142. The fourth-order valence-corrected chi connectivity index (χ4v) is 19.9. The van der Waals surface area contributed by atoms with Crippen molar-refractivity contribution in [2.45, 2.75) is 393 Å². The van der Waals surface area contributed by atoms with Crippen LogP contribution in [0.3, 0.4) is 0 Å². The van der Waals surface area contributed by atoms with E-state index in [0.717, 1.165) is 95.6 Å². The Bertz CT molecular complexity index is 3870. The Morgan fingerprint density at radius 1 is 0.472 bits per heavy atom. The first kappa shape index (κ1) is 109. The summed E-state index contributed by atoms with van der Waals surface area (Å²) in [5, 5.41) is 39.5. The van der Waals surface area contributed by atoms with Crippen LogP contribution in [0, 0.1) is 98.6 Å². The fourth-order valence-electron chi connectivity index (χ4n) is 19.9. The number of cyclic esters (lactones) is 4. The van der Waals surface area contributed by atoms with E-state index in [0.29, 0.717) is 93.8 Å². The van der Waals surface area contributed by atoms with Crippen LogP contribution in [0.25, 0.3) is 0 Å². The van der Waals surface area contributed by atoms with Crippen LogP contribution >= 0.6 is 0 Å². The van der Waals surface area contributed by atoms with Gasteiger partial charge in [-0.2, -0.15) is 0 Å². The van der Waals surface area contributed by atoms with Crippen LogP contribution < -0.4 is 0 Å². The molecule has 20 nitrogen and oxygen atoms in total. The maximum Gasteiger partial charge on any atom is 0.317 e. The molecule has 0 aromatic rings. The van der Waals surface area contributed by atoms with Crippen molar-refractivity contribution in [2.24, 2.45) is 98.6 Å². The lowest BCUT2D eigenvalue weighted by molar-refractivity contribution is -0.189. The first-order valence-corrected chi connectivity index (χ1v) is 45.3. The highest BCUT2D eigenvalue weighted by Gasteiger charge is 2.56. The maximum absolute atomic E-state index is 14.1. The largest absolute Gasteiger partial charge is 0.462 e. The van der Waals surface area contributed by atoms with Crippen molar-refractivity contribution in [3.05, 3.63) is 95.2 Å². The summed E-state index contributed by atoms with van der Waals surface area (Å²) in [6.45, 7) is 29.0. The number of esters is 8. The van der Waals surface area contributed by atoms with Crippen LogP contribution in [0.4, 0.5) is 17.6 Å². The lowest BCUT2D eigenvalue weighted by atomic mass is 9.59. The fraction of sp³-hybridized carbons (Fsp3) is 0.762. The molecular weight excluding hydrogens is 1610 g/mol. The molecule has 4 aliphatic heterocycles. The first-order chi connectivity index (χ1) is 56.6. The molecule has 0 bridgehead atoms. The number of allylic oxidation sites excluding steroid dienone is 12. The quantitative estimate of drug-likeness (QED) is 0.0397. The Labute approximate surface area is 745 Å². The molecule has 24 heteroatoms. The summed E-state index contributed by atoms with van der Waals surface area (Å²) in [6, 6.07) is 0. The summed E-state index contributed by atoms with van der Waals surface area (Å²) in [7, 11) is 0. The van der Waals surface area contributed by atoms with E-state index in [9.17, 15) is 76.3 Å². The van der Waals surface area contributed by atoms with E-state index in [1.54, 1.807) is 0 Å². The molecule has 2 unspecified atom stereocenters. The van der Waals surface area contributed by atoms with Gasteiger partial charge in [-0.05, 0) is 226 Å². The average molecular weight is 1770 g/mol. The molecule has 0 spiro atoms. The molecule has 26 atom stereocenters. The third-order valence-corrected chi connectivity index (χ3v) is 29.1. The van der Waals surface area contributed by atoms with Crippen molar-refractivity contribution in [1.82, 2.24) is 0 Å².